The summed E-state index contributed by atoms with van der Waals surface area (Å²) in [5.74, 6) is -0.388. The lowest BCUT2D eigenvalue weighted by atomic mass is 9.88. The van der Waals surface area contributed by atoms with Crippen LogP contribution in [0.1, 0.15) is 17.0 Å². The number of nitrogens with two attached hydrogens (primary N) is 1. The Kier molecular flexibility index (Phi) is 3.53. The minimum Gasteiger partial charge on any atom is -0.505 e. The molecule has 3 heterocycles. The maximum Gasteiger partial charge on any atom is 0.404 e. The second kappa shape index (κ2) is 5.45. The van der Waals surface area contributed by atoms with E-state index in [0.717, 1.165) is 0 Å². The fourth-order valence-corrected chi connectivity index (χ4v) is 4.66. The number of carbonyl (C=O) groups excluding carboxylic acids is 1. The number of nitrogens with one attached hydrogen (secondary N) is 1. The van der Waals surface area contributed by atoms with Gasteiger partial charge in [-0.05, 0) is 12.1 Å². The van der Waals surface area contributed by atoms with Gasteiger partial charge in [-0.3, -0.25) is 0 Å². The van der Waals surface area contributed by atoms with E-state index in [-0.39, 0.29) is 30.1 Å². The Morgan fingerprint density at radius 3 is 2.81 bits per heavy atom. The molecule has 0 aromatic heterocycles. The van der Waals surface area contributed by atoms with E-state index >= 15 is 0 Å². The summed E-state index contributed by atoms with van der Waals surface area (Å²) in [5.41, 5.74) is 5.64. The molecule has 2 fully saturated rings. The first kappa shape index (κ1) is 16.9. The number of hydrogen-bond acceptors (Lipinski definition) is 9. The summed E-state index contributed by atoms with van der Waals surface area (Å²) in [5, 5.41) is 17.1. The van der Waals surface area contributed by atoms with Gasteiger partial charge in [0.15, 0.2) is 17.2 Å². The van der Waals surface area contributed by atoms with Gasteiger partial charge >= 0.3 is 6.09 Å². The third-order valence-electron chi connectivity index (χ3n) is 5.71. The molecule has 0 aliphatic carbocycles. The number of primary amides is 1. The Morgan fingerprint density at radius 1 is 1.50 bits per heavy atom. The molecule has 140 valence electrons. The number of amides is 1. The molecule has 4 rings (SSSR count). The second-order valence-electron chi connectivity index (χ2n) is 6.71. The number of fused-ring (bicyclic) bond motifs is 5. The Morgan fingerprint density at radius 2 is 2.23 bits per heavy atom. The van der Waals surface area contributed by atoms with E-state index in [2.05, 4.69) is 10.5 Å². The molecule has 26 heavy (non-hydrogen) atoms. The zero-order valence-corrected chi connectivity index (χ0v) is 14.6. The van der Waals surface area contributed by atoms with Gasteiger partial charge in [-0.2, -0.15) is 0 Å². The van der Waals surface area contributed by atoms with Crippen LogP contribution in [0.25, 0.3) is 0 Å². The van der Waals surface area contributed by atoms with Gasteiger partial charge in [0.25, 0.3) is 0 Å². The van der Waals surface area contributed by atoms with Crippen LogP contribution in [0.4, 0.5) is 16.2 Å². The van der Waals surface area contributed by atoms with Crippen molar-refractivity contribution in [1.29, 1.82) is 0 Å². The van der Waals surface area contributed by atoms with Crippen molar-refractivity contribution in [3.05, 3.63) is 16.0 Å². The first-order chi connectivity index (χ1) is 12.4. The maximum atomic E-state index is 11.3. The molecule has 0 saturated carbocycles. The number of phenolic OH excluding ortho intramolecular Hbond substituents is 1. The van der Waals surface area contributed by atoms with Gasteiger partial charge in [0.05, 0.1) is 24.8 Å². The smallest absolute Gasteiger partial charge is 0.404 e. The number of ether oxygens (including phenoxy) is 3. The van der Waals surface area contributed by atoms with Crippen molar-refractivity contribution >= 4 is 17.5 Å². The number of hydrogen-bond donors (Lipinski definition) is 3. The molecule has 3 aliphatic rings. The Bertz CT molecular complexity index is 815. The molecule has 0 bridgehead atoms. The van der Waals surface area contributed by atoms with Gasteiger partial charge in [-0.25, -0.2) is 4.79 Å². The van der Waals surface area contributed by atoms with E-state index in [1.807, 2.05) is 4.90 Å². The molecule has 10 heteroatoms. The monoisotopic (exact) mass is 364 g/mol. The van der Waals surface area contributed by atoms with E-state index in [1.54, 1.807) is 14.0 Å². The van der Waals surface area contributed by atoms with Crippen molar-refractivity contribution in [2.75, 3.05) is 32.3 Å². The molecule has 0 radical (unpaired) electrons. The van der Waals surface area contributed by atoms with E-state index in [0.29, 0.717) is 29.1 Å². The summed E-state index contributed by atoms with van der Waals surface area (Å²) in [6.45, 7) is 2.17. The lowest BCUT2D eigenvalue weighted by Gasteiger charge is -2.38. The number of benzene rings is 1. The summed E-state index contributed by atoms with van der Waals surface area (Å²) in [6, 6.07) is 0.202. The third-order valence-corrected chi connectivity index (χ3v) is 5.71. The van der Waals surface area contributed by atoms with Crippen LogP contribution in [0.3, 0.4) is 0 Å². The minimum absolute atomic E-state index is 0.0153. The third kappa shape index (κ3) is 1.85. The normalized spacial score (nSPS) is 30.4. The number of rotatable bonds is 5. The standard InChI is InChI=1S/C16H20N4O6/c1-6-10(19-23)12(21)9-7(5-26-15(17)22)16(25-3)14-8(18-14)4-20(16)11(9)13(6)24-2/h7-8,14,18,21H,4-5H2,1-3H3,(H2,17,22)/t7-,8-,14-,16-/m0/s1. The lowest BCUT2D eigenvalue weighted by molar-refractivity contribution is -0.0337. The van der Waals surface area contributed by atoms with Crippen LogP contribution in [-0.2, 0) is 9.47 Å². The van der Waals surface area contributed by atoms with Gasteiger partial charge in [0, 0.05) is 30.8 Å². The molecule has 0 unspecified atom stereocenters. The predicted molar refractivity (Wildman–Crippen MR) is 90.9 cm³/mol. The zero-order valence-electron chi connectivity index (χ0n) is 14.6. The van der Waals surface area contributed by atoms with Crippen molar-refractivity contribution < 1.29 is 24.1 Å². The predicted octanol–water partition coefficient (Wildman–Crippen LogP) is 0.803. The molecule has 0 spiro atoms. The highest BCUT2D eigenvalue weighted by atomic mass is 16.6. The molecule has 10 nitrogen and oxygen atoms in total. The number of aromatic hydroxyl groups is 1. The minimum atomic E-state index is -0.929. The first-order valence-electron chi connectivity index (χ1n) is 8.20. The van der Waals surface area contributed by atoms with Crippen LogP contribution < -0.4 is 20.7 Å². The fourth-order valence-electron chi connectivity index (χ4n) is 4.66. The molecule has 2 saturated heterocycles. The van der Waals surface area contributed by atoms with Crippen molar-refractivity contribution in [1.82, 2.24) is 5.32 Å². The molecule has 4 N–H and O–H groups in total. The Balaban J connectivity index is 1.97. The van der Waals surface area contributed by atoms with Crippen LogP contribution >= 0.6 is 0 Å². The fraction of sp³-hybridized carbons (Fsp3) is 0.562. The Labute approximate surface area is 149 Å². The van der Waals surface area contributed by atoms with Gasteiger partial charge in [-0.1, -0.05) is 0 Å². The quantitative estimate of drug-likeness (QED) is 0.514. The second-order valence-corrected chi connectivity index (χ2v) is 6.71. The highest BCUT2D eigenvalue weighted by Gasteiger charge is 2.71. The molecular formula is C16H20N4O6. The highest BCUT2D eigenvalue weighted by molar-refractivity contribution is 5.85. The van der Waals surface area contributed by atoms with Crippen molar-refractivity contribution in [3.8, 4) is 11.5 Å². The highest BCUT2D eigenvalue weighted by Crippen LogP contribution is 2.64. The van der Waals surface area contributed by atoms with E-state index in [1.165, 1.54) is 7.11 Å². The largest absolute Gasteiger partial charge is 0.505 e. The van der Waals surface area contributed by atoms with Crippen molar-refractivity contribution in [3.63, 3.8) is 0 Å². The molecule has 4 atom stereocenters. The molecule has 1 aromatic rings. The van der Waals surface area contributed by atoms with Gasteiger partial charge < -0.3 is 35.3 Å². The van der Waals surface area contributed by atoms with Gasteiger partial charge in [-0.15, -0.1) is 4.91 Å². The average molecular weight is 364 g/mol. The van der Waals surface area contributed by atoms with Gasteiger partial charge in [0.1, 0.15) is 12.4 Å². The summed E-state index contributed by atoms with van der Waals surface area (Å²) in [6.07, 6.45) is -0.929. The van der Waals surface area contributed by atoms with Crippen LogP contribution in [-0.4, -0.2) is 56.4 Å². The first-order valence-corrected chi connectivity index (χ1v) is 8.20. The molecule has 1 amide bonds. The number of carbonyl (C=O) groups is 1. The van der Waals surface area contributed by atoms with Crippen LogP contribution in [0.15, 0.2) is 5.18 Å². The van der Waals surface area contributed by atoms with Crippen molar-refractivity contribution in [2.24, 2.45) is 10.9 Å². The lowest BCUT2D eigenvalue weighted by Crippen LogP contribution is -2.54. The number of phenols is 1. The van der Waals surface area contributed by atoms with Crippen LogP contribution in [0, 0.1) is 11.8 Å². The zero-order chi connectivity index (χ0) is 18.8. The number of anilines is 1. The van der Waals surface area contributed by atoms with E-state index in [9.17, 15) is 14.8 Å². The molecule has 1 aromatic carbocycles. The summed E-state index contributed by atoms with van der Waals surface area (Å²) < 4.78 is 16.5. The van der Waals surface area contributed by atoms with Crippen LogP contribution in [0.5, 0.6) is 11.5 Å². The summed E-state index contributed by atoms with van der Waals surface area (Å²) >= 11 is 0. The Hall–Kier alpha value is -2.59. The average Bonchev–Trinajstić information content (AvgIpc) is 3.22. The van der Waals surface area contributed by atoms with Crippen LogP contribution in [0.2, 0.25) is 0 Å². The number of methoxy groups -OCH3 is 2. The molecular weight excluding hydrogens is 344 g/mol. The number of piperazine rings is 1. The van der Waals surface area contributed by atoms with E-state index < -0.39 is 17.7 Å². The number of nitrogens with zero attached hydrogens (tertiary/aromatic N) is 2. The summed E-state index contributed by atoms with van der Waals surface area (Å²) in [7, 11) is 3.05. The number of nitroso groups, excluding NO2 is 1. The topological polar surface area (TPSA) is 146 Å². The maximum absolute atomic E-state index is 11.3. The molecule has 3 aliphatic heterocycles. The van der Waals surface area contributed by atoms with Crippen molar-refractivity contribution in [2.45, 2.75) is 30.7 Å². The summed E-state index contributed by atoms with van der Waals surface area (Å²) in [4.78, 5) is 24.5. The SMILES string of the molecule is COc1c(C)c(N=O)c(O)c2c1N1C[C@@H]3N[C@@H]3[C@@]1(OC)[C@H]2COC(N)=O. The van der Waals surface area contributed by atoms with E-state index in [4.69, 9.17) is 19.9 Å². The van der Waals surface area contributed by atoms with Gasteiger partial charge in [0.2, 0.25) is 0 Å².